The molecule has 1 rings (SSSR count). The molecule has 1 aromatic heterocycles. The molecule has 0 saturated carbocycles. The number of carboxylic acids is 1. The predicted octanol–water partition coefficient (Wildman–Crippen LogP) is 0.726. The zero-order chi connectivity index (χ0) is 12.1. The lowest BCUT2D eigenvalue weighted by Crippen LogP contribution is -2.22. The van der Waals surface area contributed by atoms with Crippen molar-refractivity contribution in [2.45, 2.75) is 32.4 Å². The fraction of sp³-hybridized carbons (Fsp3) is 0.500. The SMILES string of the molecule is CC(C)n1cc([C@H](CC(=O)O)NC=O)cn1. The second kappa shape index (κ2) is 5.29. The van der Waals surface area contributed by atoms with Crippen LogP contribution in [0.25, 0.3) is 0 Å². The summed E-state index contributed by atoms with van der Waals surface area (Å²) in [5, 5.41) is 15.3. The van der Waals surface area contributed by atoms with E-state index < -0.39 is 12.0 Å². The van der Waals surface area contributed by atoms with Crippen LogP contribution in [0.3, 0.4) is 0 Å². The Balaban J connectivity index is 2.83. The molecule has 0 radical (unpaired) electrons. The summed E-state index contributed by atoms with van der Waals surface area (Å²) in [7, 11) is 0. The van der Waals surface area contributed by atoms with Crippen molar-refractivity contribution in [1.82, 2.24) is 15.1 Å². The highest BCUT2D eigenvalue weighted by atomic mass is 16.4. The van der Waals surface area contributed by atoms with Crippen molar-refractivity contribution in [3.8, 4) is 0 Å². The molecule has 0 aromatic carbocycles. The van der Waals surface area contributed by atoms with Gasteiger partial charge in [-0.2, -0.15) is 5.10 Å². The highest BCUT2D eigenvalue weighted by Gasteiger charge is 2.16. The second-order valence-electron chi connectivity index (χ2n) is 3.78. The Morgan fingerprint density at radius 1 is 1.69 bits per heavy atom. The van der Waals surface area contributed by atoms with E-state index in [0.29, 0.717) is 12.0 Å². The summed E-state index contributed by atoms with van der Waals surface area (Å²) in [6, 6.07) is -0.321. The second-order valence-corrected chi connectivity index (χ2v) is 3.78. The fourth-order valence-electron chi connectivity index (χ4n) is 1.34. The van der Waals surface area contributed by atoms with Crippen molar-refractivity contribution in [3.05, 3.63) is 18.0 Å². The van der Waals surface area contributed by atoms with Crippen molar-refractivity contribution in [3.63, 3.8) is 0 Å². The Hall–Kier alpha value is -1.85. The number of rotatable bonds is 6. The van der Waals surface area contributed by atoms with Gasteiger partial charge in [-0.15, -0.1) is 0 Å². The molecule has 2 N–H and O–H groups in total. The molecule has 0 bridgehead atoms. The number of hydrogen-bond donors (Lipinski definition) is 2. The first-order chi connectivity index (χ1) is 7.54. The van der Waals surface area contributed by atoms with Crippen molar-refractivity contribution >= 4 is 12.4 Å². The van der Waals surface area contributed by atoms with Crippen LogP contribution in [0.15, 0.2) is 12.4 Å². The summed E-state index contributed by atoms with van der Waals surface area (Å²) < 4.78 is 1.72. The van der Waals surface area contributed by atoms with E-state index in [1.807, 2.05) is 13.8 Å². The maximum absolute atomic E-state index is 10.6. The number of carboxylic acid groups (broad SMARTS) is 1. The minimum atomic E-state index is -0.961. The third-order valence-electron chi connectivity index (χ3n) is 2.20. The van der Waals surface area contributed by atoms with Crippen LogP contribution in [0, 0.1) is 0 Å². The summed E-state index contributed by atoms with van der Waals surface area (Å²) in [5.74, 6) is -0.961. The Bertz CT molecular complexity index is 373. The smallest absolute Gasteiger partial charge is 0.305 e. The standard InChI is InChI=1S/C10H15N3O3/c1-7(2)13-5-8(4-12-13)9(11-6-14)3-10(15)16/h4-7,9H,3H2,1-2H3,(H,11,14)(H,15,16)/t9-/m0/s1. The largest absolute Gasteiger partial charge is 0.481 e. The molecule has 1 atom stereocenters. The molecule has 1 heterocycles. The fourth-order valence-corrected chi connectivity index (χ4v) is 1.34. The van der Waals surface area contributed by atoms with Crippen molar-refractivity contribution in [2.24, 2.45) is 0 Å². The monoisotopic (exact) mass is 225 g/mol. The van der Waals surface area contributed by atoms with E-state index in [1.54, 1.807) is 17.1 Å². The van der Waals surface area contributed by atoms with E-state index in [0.717, 1.165) is 0 Å². The quantitative estimate of drug-likeness (QED) is 0.699. The van der Waals surface area contributed by atoms with Crippen LogP contribution in [0.4, 0.5) is 0 Å². The first-order valence-corrected chi connectivity index (χ1v) is 5.00. The maximum atomic E-state index is 10.6. The van der Waals surface area contributed by atoms with Gasteiger partial charge in [0.15, 0.2) is 0 Å². The van der Waals surface area contributed by atoms with Crippen LogP contribution >= 0.6 is 0 Å². The number of nitrogens with one attached hydrogen (secondary N) is 1. The molecule has 1 aromatic rings. The van der Waals surface area contributed by atoms with Gasteiger partial charge < -0.3 is 10.4 Å². The molecule has 6 nitrogen and oxygen atoms in total. The van der Waals surface area contributed by atoms with E-state index in [2.05, 4.69) is 10.4 Å². The number of aromatic nitrogens is 2. The first kappa shape index (κ1) is 12.2. The third kappa shape index (κ3) is 3.08. The summed E-state index contributed by atoms with van der Waals surface area (Å²) in [6.07, 6.45) is 3.67. The zero-order valence-corrected chi connectivity index (χ0v) is 9.25. The van der Waals surface area contributed by atoms with E-state index in [9.17, 15) is 9.59 Å². The van der Waals surface area contributed by atoms with Gasteiger partial charge in [0, 0.05) is 17.8 Å². The van der Waals surface area contributed by atoms with Crippen LogP contribution in [-0.2, 0) is 9.59 Å². The molecular weight excluding hydrogens is 210 g/mol. The highest BCUT2D eigenvalue weighted by Crippen LogP contribution is 2.17. The number of carbonyl (C=O) groups is 2. The van der Waals surface area contributed by atoms with Gasteiger partial charge in [-0.05, 0) is 13.8 Å². The Morgan fingerprint density at radius 3 is 2.81 bits per heavy atom. The molecule has 0 aliphatic carbocycles. The topological polar surface area (TPSA) is 84.2 Å². The first-order valence-electron chi connectivity index (χ1n) is 5.00. The van der Waals surface area contributed by atoms with E-state index in [-0.39, 0.29) is 12.5 Å². The zero-order valence-electron chi connectivity index (χ0n) is 9.25. The minimum Gasteiger partial charge on any atom is -0.481 e. The molecule has 0 spiro atoms. The van der Waals surface area contributed by atoms with Gasteiger partial charge in [0.1, 0.15) is 0 Å². The van der Waals surface area contributed by atoms with Gasteiger partial charge >= 0.3 is 5.97 Å². The Labute approximate surface area is 93.3 Å². The average Bonchev–Trinajstić information content (AvgIpc) is 2.65. The van der Waals surface area contributed by atoms with E-state index in [4.69, 9.17) is 5.11 Å². The molecule has 0 unspecified atom stereocenters. The summed E-state index contributed by atoms with van der Waals surface area (Å²) >= 11 is 0. The van der Waals surface area contributed by atoms with Crippen LogP contribution in [0.5, 0.6) is 0 Å². The van der Waals surface area contributed by atoms with Gasteiger partial charge in [0.05, 0.1) is 18.7 Å². The third-order valence-corrected chi connectivity index (χ3v) is 2.20. The number of nitrogens with zero attached hydrogens (tertiary/aromatic N) is 2. The molecule has 0 fully saturated rings. The highest BCUT2D eigenvalue weighted by molar-refractivity contribution is 5.68. The molecule has 16 heavy (non-hydrogen) atoms. The van der Waals surface area contributed by atoms with Crippen LogP contribution in [-0.4, -0.2) is 27.3 Å². The molecule has 0 aliphatic heterocycles. The predicted molar refractivity (Wildman–Crippen MR) is 56.8 cm³/mol. The van der Waals surface area contributed by atoms with Gasteiger partial charge in [0.25, 0.3) is 0 Å². The van der Waals surface area contributed by atoms with Gasteiger partial charge in [0.2, 0.25) is 6.41 Å². The number of carbonyl (C=O) groups excluding carboxylic acids is 1. The Morgan fingerprint density at radius 2 is 2.38 bits per heavy atom. The number of hydrogen-bond acceptors (Lipinski definition) is 3. The van der Waals surface area contributed by atoms with Gasteiger partial charge in [-0.25, -0.2) is 0 Å². The summed E-state index contributed by atoms with van der Waals surface area (Å²) in [5.41, 5.74) is 0.697. The van der Waals surface area contributed by atoms with E-state index >= 15 is 0 Å². The van der Waals surface area contributed by atoms with Gasteiger partial charge in [-0.3, -0.25) is 14.3 Å². The molecule has 6 heteroatoms. The van der Waals surface area contributed by atoms with E-state index in [1.165, 1.54) is 0 Å². The lowest BCUT2D eigenvalue weighted by molar-refractivity contribution is -0.137. The Kier molecular flexibility index (Phi) is 4.04. The van der Waals surface area contributed by atoms with Crippen LogP contribution in [0.2, 0.25) is 0 Å². The summed E-state index contributed by atoms with van der Waals surface area (Å²) in [6.45, 7) is 3.94. The number of aliphatic carboxylic acids is 1. The normalized spacial score (nSPS) is 12.4. The van der Waals surface area contributed by atoms with Gasteiger partial charge in [-0.1, -0.05) is 0 Å². The lowest BCUT2D eigenvalue weighted by atomic mass is 10.1. The molecule has 0 saturated heterocycles. The molecular formula is C10H15N3O3. The van der Waals surface area contributed by atoms with Crippen molar-refractivity contribution in [1.29, 1.82) is 0 Å². The van der Waals surface area contributed by atoms with Crippen LogP contribution < -0.4 is 5.32 Å². The summed E-state index contributed by atoms with van der Waals surface area (Å²) in [4.78, 5) is 21.0. The maximum Gasteiger partial charge on any atom is 0.305 e. The minimum absolute atomic E-state index is 0.150. The molecule has 1 amide bonds. The van der Waals surface area contributed by atoms with Crippen molar-refractivity contribution in [2.75, 3.05) is 0 Å². The average molecular weight is 225 g/mol. The number of amides is 1. The van der Waals surface area contributed by atoms with Crippen molar-refractivity contribution < 1.29 is 14.7 Å². The lowest BCUT2D eigenvalue weighted by Gasteiger charge is -2.11. The van der Waals surface area contributed by atoms with Crippen LogP contribution in [0.1, 0.15) is 37.9 Å². The molecule has 0 aliphatic rings. The molecule has 88 valence electrons.